The average Bonchev–Trinajstić information content (AvgIpc) is 3.24. The second-order valence-corrected chi connectivity index (χ2v) is 12.7. The first kappa shape index (κ1) is 32.6. The SMILES string of the molecule is CCCN1CC(NC(=O)C[C@@H]2CCc3cc(C(O)(C(F)(F)F)C(F)(F)F)ccc3N2S(=O)(=O)c2ccc(C)cc2)CC1=O. The maximum Gasteiger partial charge on any atom is 0.430 e. The van der Waals surface area contributed by atoms with Gasteiger partial charge in [-0.1, -0.05) is 36.8 Å². The number of nitrogens with zero attached hydrogens (tertiary/aromatic N) is 2. The van der Waals surface area contributed by atoms with E-state index in [1.807, 2.05) is 6.92 Å². The Morgan fingerprint density at radius 2 is 1.67 bits per heavy atom. The summed E-state index contributed by atoms with van der Waals surface area (Å²) in [5.74, 6) is -0.690. The van der Waals surface area contributed by atoms with Gasteiger partial charge < -0.3 is 15.3 Å². The first-order valence-corrected chi connectivity index (χ1v) is 15.0. The maximum atomic E-state index is 13.9. The molecule has 0 aromatic heterocycles. The van der Waals surface area contributed by atoms with Crippen LogP contribution in [-0.2, 0) is 31.6 Å². The van der Waals surface area contributed by atoms with E-state index in [1.54, 1.807) is 11.8 Å². The van der Waals surface area contributed by atoms with Crippen LogP contribution in [0.3, 0.4) is 0 Å². The van der Waals surface area contributed by atoms with Crippen LogP contribution in [0.4, 0.5) is 32.0 Å². The van der Waals surface area contributed by atoms with Gasteiger partial charge in [0.25, 0.3) is 15.6 Å². The molecule has 1 fully saturated rings. The number of aryl methyl sites for hydroxylation is 2. The minimum absolute atomic E-state index is 0.0781. The number of carbonyl (C=O) groups excluding carboxylic acids is 2. The first-order valence-electron chi connectivity index (χ1n) is 13.6. The summed E-state index contributed by atoms with van der Waals surface area (Å²) in [6.07, 6.45) is -12.1. The summed E-state index contributed by atoms with van der Waals surface area (Å²) >= 11 is 0. The molecule has 2 heterocycles. The van der Waals surface area contributed by atoms with Crippen LogP contribution in [0.25, 0.3) is 0 Å². The third kappa shape index (κ3) is 6.19. The predicted octanol–water partition coefficient (Wildman–Crippen LogP) is 4.33. The number of hydrogen-bond acceptors (Lipinski definition) is 5. The van der Waals surface area contributed by atoms with E-state index in [0.29, 0.717) is 25.2 Å². The molecule has 4 rings (SSSR count). The summed E-state index contributed by atoms with van der Waals surface area (Å²) in [6.45, 7) is 4.44. The number of nitrogens with one attached hydrogen (secondary N) is 1. The minimum atomic E-state index is -6.11. The lowest BCUT2D eigenvalue weighted by Gasteiger charge is -2.39. The zero-order valence-corrected chi connectivity index (χ0v) is 24.1. The molecule has 43 heavy (non-hydrogen) atoms. The number of hydrogen-bond donors (Lipinski definition) is 2. The Morgan fingerprint density at radius 1 is 1.05 bits per heavy atom. The molecule has 0 saturated carbocycles. The van der Waals surface area contributed by atoms with Crippen molar-refractivity contribution in [1.29, 1.82) is 0 Å². The normalized spacial score (nSPS) is 19.9. The van der Waals surface area contributed by atoms with E-state index in [9.17, 15) is 49.5 Å². The molecular formula is C28H31F6N3O5S. The number of alkyl halides is 6. The number of halogens is 6. The summed E-state index contributed by atoms with van der Waals surface area (Å²) < 4.78 is 110. The van der Waals surface area contributed by atoms with Gasteiger partial charge in [-0.25, -0.2) is 8.42 Å². The molecule has 236 valence electrons. The van der Waals surface area contributed by atoms with Gasteiger partial charge in [-0.2, -0.15) is 26.3 Å². The molecule has 0 bridgehead atoms. The number of sulfonamides is 1. The van der Waals surface area contributed by atoms with E-state index in [2.05, 4.69) is 5.32 Å². The lowest BCUT2D eigenvalue weighted by atomic mass is 9.87. The molecule has 2 aromatic rings. The number of benzene rings is 2. The fourth-order valence-corrected chi connectivity index (χ4v) is 7.26. The minimum Gasteiger partial charge on any atom is -0.369 e. The first-order chi connectivity index (χ1) is 19.9. The van der Waals surface area contributed by atoms with E-state index < -0.39 is 51.5 Å². The Balaban J connectivity index is 1.71. The van der Waals surface area contributed by atoms with Crippen LogP contribution in [0.1, 0.15) is 49.3 Å². The molecule has 0 aliphatic carbocycles. The van der Waals surface area contributed by atoms with E-state index in [-0.39, 0.29) is 47.7 Å². The molecule has 0 radical (unpaired) electrons. The van der Waals surface area contributed by atoms with Gasteiger partial charge in [0.2, 0.25) is 11.8 Å². The van der Waals surface area contributed by atoms with Gasteiger partial charge in [0.15, 0.2) is 0 Å². The zero-order valence-electron chi connectivity index (χ0n) is 23.3. The summed E-state index contributed by atoms with van der Waals surface area (Å²) in [5.41, 5.74) is -6.33. The number of aliphatic hydroxyl groups is 1. The number of fused-ring (bicyclic) bond motifs is 1. The van der Waals surface area contributed by atoms with Crippen molar-refractivity contribution in [2.75, 3.05) is 17.4 Å². The monoisotopic (exact) mass is 635 g/mol. The van der Waals surface area contributed by atoms with Crippen molar-refractivity contribution >= 4 is 27.5 Å². The smallest absolute Gasteiger partial charge is 0.369 e. The standard InChI is InChI=1S/C28H31F6N3O5S/c1-3-12-36-16-20(14-25(36)39)35-24(38)15-21-8-6-18-13-19(26(40,27(29,30)31)28(32,33)34)7-11-23(18)37(21)43(41,42)22-9-4-17(2)5-10-22/h4-5,7,9-11,13,20-21,40H,3,6,8,12,14-16H2,1-2H3,(H,35,38)/t20?,21-/m0/s1. The maximum absolute atomic E-state index is 13.9. The van der Waals surface area contributed by atoms with Crippen molar-refractivity contribution in [2.45, 2.75) is 80.9 Å². The molecule has 0 spiro atoms. The van der Waals surface area contributed by atoms with Crippen molar-refractivity contribution in [3.8, 4) is 0 Å². The number of carbonyl (C=O) groups is 2. The Morgan fingerprint density at radius 3 is 2.26 bits per heavy atom. The van der Waals surface area contributed by atoms with E-state index in [0.717, 1.165) is 22.4 Å². The molecule has 1 saturated heterocycles. The number of likely N-dealkylation sites (tertiary alicyclic amines) is 1. The zero-order chi connectivity index (χ0) is 32.0. The quantitative estimate of drug-likeness (QED) is 0.420. The lowest BCUT2D eigenvalue weighted by Crippen LogP contribution is -2.54. The lowest BCUT2D eigenvalue weighted by molar-refractivity contribution is -0.376. The van der Waals surface area contributed by atoms with Gasteiger partial charge in [0, 0.05) is 31.5 Å². The van der Waals surface area contributed by atoms with Gasteiger partial charge >= 0.3 is 12.4 Å². The highest BCUT2D eigenvalue weighted by molar-refractivity contribution is 7.92. The van der Waals surface area contributed by atoms with Crippen molar-refractivity contribution in [3.63, 3.8) is 0 Å². The van der Waals surface area contributed by atoms with Gasteiger partial charge in [0.1, 0.15) is 0 Å². The largest absolute Gasteiger partial charge is 0.430 e. The van der Waals surface area contributed by atoms with Crippen molar-refractivity contribution < 1.29 is 49.5 Å². The summed E-state index contributed by atoms with van der Waals surface area (Å²) in [6, 6.07) is 5.83. The van der Waals surface area contributed by atoms with Crippen LogP contribution in [0.15, 0.2) is 47.4 Å². The van der Waals surface area contributed by atoms with Crippen LogP contribution in [0, 0.1) is 6.92 Å². The highest BCUT2D eigenvalue weighted by Gasteiger charge is 2.71. The van der Waals surface area contributed by atoms with Crippen LogP contribution < -0.4 is 9.62 Å². The Labute approximate surface area is 244 Å². The van der Waals surface area contributed by atoms with E-state index in [4.69, 9.17) is 0 Å². The van der Waals surface area contributed by atoms with Gasteiger partial charge in [0.05, 0.1) is 22.7 Å². The Bertz CT molecular complexity index is 1460. The van der Waals surface area contributed by atoms with Crippen LogP contribution >= 0.6 is 0 Å². The molecule has 15 heteroatoms. The van der Waals surface area contributed by atoms with Gasteiger partial charge in [-0.15, -0.1) is 0 Å². The summed E-state index contributed by atoms with van der Waals surface area (Å²) in [4.78, 5) is 26.7. The fourth-order valence-electron chi connectivity index (χ4n) is 5.54. The third-order valence-corrected chi connectivity index (χ3v) is 9.59. The highest BCUT2D eigenvalue weighted by Crippen LogP contribution is 2.51. The average molecular weight is 636 g/mol. The van der Waals surface area contributed by atoms with Gasteiger partial charge in [-0.05, 0) is 49.9 Å². The molecule has 2 aliphatic rings. The van der Waals surface area contributed by atoms with Crippen molar-refractivity contribution in [1.82, 2.24) is 10.2 Å². The van der Waals surface area contributed by atoms with Crippen LogP contribution in [0.5, 0.6) is 0 Å². The predicted molar refractivity (Wildman–Crippen MR) is 143 cm³/mol. The molecule has 2 aromatic carbocycles. The molecule has 2 N–H and O–H groups in total. The molecule has 2 atom stereocenters. The van der Waals surface area contributed by atoms with E-state index in [1.165, 1.54) is 24.3 Å². The molecule has 8 nitrogen and oxygen atoms in total. The molecule has 1 unspecified atom stereocenters. The van der Waals surface area contributed by atoms with Crippen molar-refractivity contribution in [3.05, 3.63) is 59.2 Å². The van der Waals surface area contributed by atoms with E-state index >= 15 is 0 Å². The van der Waals surface area contributed by atoms with Gasteiger partial charge in [-0.3, -0.25) is 13.9 Å². The third-order valence-electron chi connectivity index (χ3n) is 7.71. The van der Waals surface area contributed by atoms with Crippen molar-refractivity contribution in [2.24, 2.45) is 0 Å². The Hall–Kier alpha value is -3.33. The molecule has 2 aliphatic heterocycles. The topological polar surface area (TPSA) is 107 Å². The second-order valence-electron chi connectivity index (χ2n) is 10.9. The fraction of sp³-hybridized carbons (Fsp3) is 0.500. The number of amides is 2. The Kier molecular flexibility index (Phi) is 8.82. The second kappa shape index (κ2) is 11.6. The summed E-state index contributed by atoms with van der Waals surface area (Å²) in [7, 11) is -4.46. The van der Waals surface area contributed by atoms with Crippen LogP contribution in [-0.4, -0.2) is 67.8 Å². The number of anilines is 1. The highest BCUT2D eigenvalue weighted by atomic mass is 32.2. The van der Waals surface area contributed by atoms with Crippen LogP contribution in [0.2, 0.25) is 0 Å². The number of rotatable bonds is 8. The molecule has 2 amide bonds. The summed E-state index contributed by atoms with van der Waals surface area (Å²) in [5, 5.41) is 12.6. The molecular weight excluding hydrogens is 604 g/mol.